The summed E-state index contributed by atoms with van der Waals surface area (Å²) in [6.45, 7) is 8.32. The Labute approximate surface area is 168 Å². The van der Waals surface area contributed by atoms with E-state index in [2.05, 4.69) is 63.2 Å². The highest BCUT2D eigenvalue weighted by Crippen LogP contribution is 2.34. The van der Waals surface area contributed by atoms with Crippen molar-refractivity contribution in [3.05, 3.63) is 82.9 Å². The lowest BCUT2D eigenvalue weighted by Gasteiger charge is -2.23. The van der Waals surface area contributed by atoms with Crippen LogP contribution >= 0.6 is 0 Å². The Balaban J connectivity index is 1.96. The van der Waals surface area contributed by atoms with Crippen LogP contribution in [0.5, 0.6) is 11.5 Å². The van der Waals surface area contributed by atoms with Crippen molar-refractivity contribution >= 4 is 0 Å². The Kier molecular flexibility index (Phi) is 6.41. The second-order valence-electron chi connectivity index (χ2n) is 7.56. The first kappa shape index (κ1) is 20.0. The summed E-state index contributed by atoms with van der Waals surface area (Å²) in [5, 5.41) is 11.7. The number of rotatable bonds is 7. The van der Waals surface area contributed by atoms with Crippen molar-refractivity contribution in [3.8, 4) is 22.6 Å². The molecular formula is C26H29O2. The van der Waals surface area contributed by atoms with Gasteiger partial charge >= 0.3 is 0 Å². The number of ether oxygens (including phenoxy) is 1. The van der Waals surface area contributed by atoms with Gasteiger partial charge in [-0.15, -0.1) is 0 Å². The van der Waals surface area contributed by atoms with Crippen molar-refractivity contribution in [1.29, 1.82) is 0 Å². The number of unbranched alkanes of at least 4 members (excludes halogenated alkanes) is 1. The third-order valence-electron chi connectivity index (χ3n) is 5.33. The van der Waals surface area contributed by atoms with E-state index in [4.69, 9.17) is 4.74 Å². The molecule has 3 rings (SSSR count). The van der Waals surface area contributed by atoms with Crippen LogP contribution in [0.15, 0.2) is 60.7 Å². The summed E-state index contributed by atoms with van der Waals surface area (Å²) in [6.07, 6.45) is 3.14. The maximum atomic E-state index is 11.7. The van der Waals surface area contributed by atoms with Gasteiger partial charge in [0.05, 0.1) is 0 Å². The van der Waals surface area contributed by atoms with Gasteiger partial charge in [0.1, 0.15) is 11.9 Å². The zero-order valence-corrected chi connectivity index (χ0v) is 17.3. The SMILES string of the molecule is CCCCC(Oc1ccc([O])c(C)c1)c1cccc(-c2ccc(C)cc2)c1C. The molecule has 28 heavy (non-hydrogen) atoms. The quantitative estimate of drug-likeness (QED) is 0.416. The minimum absolute atomic E-state index is 0.0257. The second-order valence-corrected chi connectivity index (χ2v) is 7.56. The highest BCUT2D eigenvalue weighted by atomic mass is 16.5. The normalized spacial score (nSPS) is 12.0. The van der Waals surface area contributed by atoms with E-state index in [9.17, 15) is 5.11 Å². The standard InChI is InChI=1S/C26H29O2/c1-5-6-10-26(28-22-15-16-25(27)19(3)17-22)24-9-7-8-23(20(24)4)21-13-11-18(2)12-14-21/h7-9,11-17,26H,5-6,10H2,1-4H3. The summed E-state index contributed by atoms with van der Waals surface area (Å²) >= 11 is 0. The van der Waals surface area contributed by atoms with E-state index in [-0.39, 0.29) is 11.9 Å². The molecule has 0 spiro atoms. The molecule has 2 heteroatoms. The van der Waals surface area contributed by atoms with Crippen LogP contribution in [0.25, 0.3) is 11.1 Å². The largest absolute Gasteiger partial charge is 0.486 e. The summed E-state index contributed by atoms with van der Waals surface area (Å²) in [4.78, 5) is 0. The zero-order valence-electron chi connectivity index (χ0n) is 17.3. The molecule has 0 aliphatic heterocycles. The van der Waals surface area contributed by atoms with E-state index in [1.54, 1.807) is 12.1 Å². The third-order valence-corrected chi connectivity index (χ3v) is 5.33. The van der Waals surface area contributed by atoms with Crippen LogP contribution in [0.4, 0.5) is 0 Å². The smallest absolute Gasteiger partial charge is 0.181 e. The molecule has 0 bridgehead atoms. The van der Waals surface area contributed by atoms with Crippen LogP contribution in [-0.4, -0.2) is 0 Å². The predicted octanol–water partition coefficient (Wildman–Crippen LogP) is 7.73. The van der Waals surface area contributed by atoms with Crippen LogP contribution in [0.1, 0.15) is 54.5 Å². The van der Waals surface area contributed by atoms with Crippen molar-refractivity contribution < 1.29 is 9.84 Å². The van der Waals surface area contributed by atoms with Crippen LogP contribution in [0, 0.1) is 20.8 Å². The molecule has 0 aromatic heterocycles. The van der Waals surface area contributed by atoms with Gasteiger partial charge in [-0.2, -0.15) is 0 Å². The fourth-order valence-electron chi connectivity index (χ4n) is 3.58. The number of benzene rings is 3. The maximum Gasteiger partial charge on any atom is 0.181 e. The van der Waals surface area contributed by atoms with Gasteiger partial charge in [0.2, 0.25) is 0 Å². The molecule has 3 aromatic rings. The molecule has 0 fully saturated rings. The molecule has 2 nitrogen and oxygen atoms in total. The van der Waals surface area contributed by atoms with Crippen molar-refractivity contribution in [3.63, 3.8) is 0 Å². The fraction of sp³-hybridized carbons (Fsp3) is 0.308. The van der Waals surface area contributed by atoms with Gasteiger partial charge in [-0.1, -0.05) is 61.4 Å². The fourth-order valence-corrected chi connectivity index (χ4v) is 3.58. The van der Waals surface area contributed by atoms with Gasteiger partial charge in [-0.05, 0) is 74.1 Å². The summed E-state index contributed by atoms with van der Waals surface area (Å²) < 4.78 is 6.39. The van der Waals surface area contributed by atoms with Crippen LogP contribution < -0.4 is 4.74 Å². The summed E-state index contributed by atoms with van der Waals surface area (Å²) in [7, 11) is 0. The van der Waals surface area contributed by atoms with E-state index >= 15 is 0 Å². The predicted molar refractivity (Wildman–Crippen MR) is 116 cm³/mol. The lowest BCUT2D eigenvalue weighted by molar-refractivity contribution is 0.190. The summed E-state index contributed by atoms with van der Waals surface area (Å²) in [5.74, 6) is 0.813. The first-order chi connectivity index (χ1) is 13.5. The first-order valence-corrected chi connectivity index (χ1v) is 10.1. The lowest BCUT2D eigenvalue weighted by Crippen LogP contribution is -2.10. The average molecular weight is 374 g/mol. The molecule has 0 N–H and O–H groups in total. The molecule has 145 valence electrons. The number of hydrogen-bond acceptors (Lipinski definition) is 1. The van der Waals surface area contributed by atoms with E-state index in [0.29, 0.717) is 0 Å². The van der Waals surface area contributed by atoms with Gasteiger partial charge in [0.15, 0.2) is 5.75 Å². The minimum Gasteiger partial charge on any atom is -0.486 e. The maximum absolute atomic E-state index is 11.7. The van der Waals surface area contributed by atoms with Crippen LogP contribution in [0.2, 0.25) is 0 Å². The Morgan fingerprint density at radius 2 is 1.68 bits per heavy atom. The van der Waals surface area contributed by atoms with Crippen LogP contribution in [-0.2, 0) is 5.11 Å². The minimum atomic E-state index is -0.0257. The van der Waals surface area contributed by atoms with Gasteiger partial charge in [-0.25, -0.2) is 0 Å². The Bertz CT molecular complexity index is 926. The van der Waals surface area contributed by atoms with Crippen LogP contribution in [0.3, 0.4) is 0 Å². The van der Waals surface area contributed by atoms with E-state index in [0.717, 1.165) is 30.6 Å². The molecule has 0 aliphatic carbocycles. The van der Waals surface area contributed by atoms with Crippen molar-refractivity contribution in [1.82, 2.24) is 0 Å². The van der Waals surface area contributed by atoms with Gasteiger partial charge in [0, 0.05) is 5.56 Å². The Hall–Kier alpha value is -2.74. The van der Waals surface area contributed by atoms with Gasteiger partial charge in [0.25, 0.3) is 0 Å². The van der Waals surface area contributed by atoms with E-state index < -0.39 is 0 Å². The third kappa shape index (κ3) is 4.56. The molecule has 1 unspecified atom stereocenters. The summed E-state index contributed by atoms with van der Waals surface area (Å²) in [6, 6.07) is 20.4. The second kappa shape index (κ2) is 8.97. The molecule has 0 saturated carbocycles. The first-order valence-electron chi connectivity index (χ1n) is 10.1. The molecule has 0 heterocycles. The molecular weight excluding hydrogens is 344 g/mol. The number of hydrogen-bond donors (Lipinski definition) is 0. The van der Waals surface area contributed by atoms with E-state index in [1.165, 1.54) is 27.8 Å². The molecule has 0 amide bonds. The van der Waals surface area contributed by atoms with Crippen molar-refractivity contribution in [2.45, 2.75) is 53.1 Å². The van der Waals surface area contributed by atoms with Crippen molar-refractivity contribution in [2.24, 2.45) is 0 Å². The Morgan fingerprint density at radius 1 is 0.929 bits per heavy atom. The summed E-state index contributed by atoms with van der Waals surface area (Å²) in [5.41, 5.74) is 6.93. The lowest BCUT2D eigenvalue weighted by atomic mass is 9.92. The van der Waals surface area contributed by atoms with Crippen molar-refractivity contribution in [2.75, 3.05) is 0 Å². The average Bonchev–Trinajstić information content (AvgIpc) is 2.69. The Morgan fingerprint density at radius 3 is 2.36 bits per heavy atom. The molecule has 3 aromatic carbocycles. The highest BCUT2D eigenvalue weighted by Gasteiger charge is 2.18. The monoisotopic (exact) mass is 373 g/mol. The van der Waals surface area contributed by atoms with Gasteiger partial charge in [-0.3, -0.25) is 5.11 Å². The highest BCUT2D eigenvalue weighted by molar-refractivity contribution is 5.69. The topological polar surface area (TPSA) is 29.1 Å². The van der Waals surface area contributed by atoms with Gasteiger partial charge < -0.3 is 4.74 Å². The molecule has 0 aliphatic rings. The van der Waals surface area contributed by atoms with E-state index in [1.807, 2.05) is 13.0 Å². The zero-order chi connectivity index (χ0) is 20.1. The molecule has 0 saturated heterocycles. The number of aryl methyl sites for hydroxylation is 2. The molecule has 1 radical (unpaired) electrons. The molecule has 1 atom stereocenters.